The summed E-state index contributed by atoms with van der Waals surface area (Å²) in [4.78, 5) is 13.3. The molecule has 1 amide bonds. The topological polar surface area (TPSA) is 84.5 Å². The highest BCUT2D eigenvalue weighted by atomic mass is 16.7. The van der Waals surface area contributed by atoms with Gasteiger partial charge >= 0.3 is 0 Å². The van der Waals surface area contributed by atoms with E-state index in [0.717, 1.165) is 22.6 Å². The Bertz CT molecular complexity index is 1150. The highest BCUT2D eigenvalue weighted by Gasteiger charge is 2.21. The van der Waals surface area contributed by atoms with E-state index in [1.54, 1.807) is 19.2 Å². The maximum absolute atomic E-state index is 13.3. The van der Waals surface area contributed by atoms with Crippen molar-refractivity contribution in [3.63, 3.8) is 0 Å². The van der Waals surface area contributed by atoms with Gasteiger partial charge in [0.25, 0.3) is 5.91 Å². The molecule has 1 aliphatic heterocycles. The van der Waals surface area contributed by atoms with E-state index >= 15 is 0 Å². The molecule has 35 heavy (non-hydrogen) atoms. The number of carbonyl (C=O) groups excluding carboxylic acids is 1. The van der Waals surface area contributed by atoms with Crippen molar-refractivity contribution in [1.82, 2.24) is 5.32 Å². The lowest BCUT2D eigenvalue weighted by Crippen LogP contribution is -2.38. The first kappa shape index (κ1) is 24.1. The Morgan fingerprint density at radius 3 is 2.06 bits per heavy atom. The Morgan fingerprint density at radius 1 is 0.800 bits per heavy atom. The van der Waals surface area contributed by atoms with Gasteiger partial charge < -0.3 is 33.7 Å². The number of nitrogens with one attached hydrogen (secondary N) is 1. The number of hydrogen-bond acceptors (Lipinski definition) is 7. The average Bonchev–Trinajstić information content (AvgIpc) is 3.36. The molecule has 0 unspecified atom stereocenters. The molecule has 1 aliphatic rings. The van der Waals surface area contributed by atoms with Crippen LogP contribution < -0.4 is 33.7 Å². The van der Waals surface area contributed by atoms with Crippen LogP contribution in [0.15, 0.2) is 54.6 Å². The summed E-state index contributed by atoms with van der Waals surface area (Å²) in [5.74, 6) is 3.23. The fraction of sp³-hybridized carbons (Fsp3) is 0.296. The van der Waals surface area contributed by atoms with Gasteiger partial charge in [-0.25, -0.2) is 0 Å². The number of amides is 1. The van der Waals surface area contributed by atoms with Gasteiger partial charge in [0.05, 0.1) is 28.4 Å². The third-order valence-corrected chi connectivity index (χ3v) is 5.82. The molecule has 0 aliphatic carbocycles. The average molecular weight is 480 g/mol. The quantitative estimate of drug-likeness (QED) is 0.470. The molecule has 0 bridgehead atoms. The smallest absolute Gasteiger partial charge is 0.251 e. The zero-order valence-electron chi connectivity index (χ0n) is 20.3. The second kappa shape index (κ2) is 10.9. The predicted octanol–water partition coefficient (Wildman–Crippen LogP) is 4.03. The Morgan fingerprint density at radius 2 is 1.43 bits per heavy atom. The molecule has 0 saturated heterocycles. The van der Waals surface area contributed by atoms with E-state index in [-0.39, 0.29) is 18.7 Å². The van der Waals surface area contributed by atoms with Gasteiger partial charge in [-0.05, 0) is 60.4 Å². The van der Waals surface area contributed by atoms with Gasteiger partial charge in [-0.2, -0.15) is 0 Å². The first-order chi connectivity index (χ1) is 17.0. The standard InChI is InChI=1S/C27H29NO7/c1-30-21-8-5-17(6-9-21)11-20(12-18-7-10-22-23(13-18)35-16-34-22)28-27(29)19-14-24(31-2)26(33-4)25(15-19)32-3/h5-10,13-15,20H,11-12,16H2,1-4H3,(H,28,29)/t20-/m0/s1. The summed E-state index contributed by atoms with van der Waals surface area (Å²) in [5.41, 5.74) is 2.50. The summed E-state index contributed by atoms with van der Waals surface area (Å²) in [7, 11) is 6.20. The van der Waals surface area contributed by atoms with Crippen molar-refractivity contribution in [1.29, 1.82) is 0 Å². The molecule has 0 aromatic heterocycles. The Balaban J connectivity index is 1.59. The monoisotopic (exact) mass is 479 g/mol. The third-order valence-electron chi connectivity index (χ3n) is 5.82. The number of rotatable bonds is 10. The molecule has 184 valence electrons. The zero-order valence-corrected chi connectivity index (χ0v) is 20.3. The third kappa shape index (κ3) is 5.54. The van der Waals surface area contributed by atoms with Crippen molar-refractivity contribution in [3.8, 4) is 34.5 Å². The molecule has 8 nitrogen and oxygen atoms in total. The van der Waals surface area contributed by atoms with E-state index in [4.69, 9.17) is 28.4 Å². The number of ether oxygens (including phenoxy) is 6. The Hall–Kier alpha value is -4.07. The maximum atomic E-state index is 13.3. The molecule has 0 fully saturated rings. The second-order valence-electron chi connectivity index (χ2n) is 8.03. The van der Waals surface area contributed by atoms with Crippen LogP contribution in [-0.2, 0) is 12.8 Å². The maximum Gasteiger partial charge on any atom is 0.251 e. The fourth-order valence-electron chi connectivity index (χ4n) is 4.05. The van der Waals surface area contributed by atoms with Crippen molar-refractivity contribution in [2.24, 2.45) is 0 Å². The lowest BCUT2D eigenvalue weighted by molar-refractivity contribution is 0.0936. The van der Waals surface area contributed by atoms with E-state index in [1.165, 1.54) is 21.3 Å². The van der Waals surface area contributed by atoms with Crippen LogP contribution in [-0.4, -0.2) is 47.2 Å². The highest BCUT2D eigenvalue weighted by Crippen LogP contribution is 2.38. The van der Waals surface area contributed by atoms with Crippen molar-refractivity contribution in [3.05, 3.63) is 71.3 Å². The molecule has 0 radical (unpaired) electrons. The number of benzene rings is 3. The van der Waals surface area contributed by atoms with Gasteiger partial charge in [0.2, 0.25) is 12.5 Å². The molecule has 3 aromatic rings. The summed E-state index contributed by atoms with van der Waals surface area (Å²) < 4.78 is 32.4. The van der Waals surface area contributed by atoms with Gasteiger partial charge in [-0.1, -0.05) is 18.2 Å². The molecule has 1 atom stereocenters. The molecule has 1 heterocycles. The molecule has 0 spiro atoms. The van der Waals surface area contributed by atoms with Crippen LogP contribution in [0.4, 0.5) is 0 Å². The highest BCUT2D eigenvalue weighted by molar-refractivity contribution is 5.95. The van der Waals surface area contributed by atoms with Gasteiger partial charge in [0.15, 0.2) is 23.0 Å². The van der Waals surface area contributed by atoms with Crippen LogP contribution in [0.3, 0.4) is 0 Å². The van der Waals surface area contributed by atoms with Crippen LogP contribution in [0.25, 0.3) is 0 Å². The van der Waals surface area contributed by atoms with E-state index in [2.05, 4.69) is 5.32 Å². The van der Waals surface area contributed by atoms with Crippen LogP contribution in [0.1, 0.15) is 21.5 Å². The van der Waals surface area contributed by atoms with Gasteiger partial charge in [-0.3, -0.25) is 4.79 Å². The predicted molar refractivity (Wildman–Crippen MR) is 130 cm³/mol. The minimum Gasteiger partial charge on any atom is -0.497 e. The summed E-state index contributed by atoms with van der Waals surface area (Å²) in [6.07, 6.45) is 1.22. The summed E-state index contributed by atoms with van der Waals surface area (Å²) in [5, 5.41) is 3.17. The summed E-state index contributed by atoms with van der Waals surface area (Å²) in [6.45, 7) is 0.214. The summed E-state index contributed by atoms with van der Waals surface area (Å²) in [6, 6.07) is 16.7. The fourth-order valence-corrected chi connectivity index (χ4v) is 4.05. The van der Waals surface area contributed by atoms with Crippen molar-refractivity contribution >= 4 is 5.91 Å². The second-order valence-corrected chi connectivity index (χ2v) is 8.03. The minimum absolute atomic E-state index is 0.199. The molecule has 8 heteroatoms. The normalized spacial score (nSPS) is 12.6. The van der Waals surface area contributed by atoms with Crippen molar-refractivity contribution in [2.45, 2.75) is 18.9 Å². The molecule has 1 N–H and O–H groups in total. The molecule has 0 saturated carbocycles. The van der Waals surface area contributed by atoms with E-state index < -0.39 is 0 Å². The van der Waals surface area contributed by atoms with Crippen LogP contribution in [0.2, 0.25) is 0 Å². The van der Waals surface area contributed by atoms with Gasteiger partial charge in [-0.15, -0.1) is 0 Å². The van der Waals surface area contributed by atoms with Crippen molar-refractivity contribution < 1.29 is 33.2 Å². The molecular formula is C27H29NO7. The molecular weight excluding hydrogens is 450 g/mol. The molecule has 3 aromatic carbocycles. The summed E-state index contributed by atoms with van der Waals surface area (Å²) >= 11 is 0. The first-order valence-corrected chi connectivity index (χ1v) is 11.2. The Kier molecular flexibility index (Phi) is 7.50. The molecule has 4 rings (SSSR count). The number of fused-ring (bicyclic) bond motifs is 1. The lowest BCUT2D eigenvalue weighted by Gasteiger charge is -2.21. The number of hydrogen-bond donors (Lipinski definition) is 1. The number of methoxy groups -OCH3 is 4. The largest absolute Gasteiger partial charge is 0.497 e. The SMILES string of the molecule is COc1ccc(C[C@@H](Cc2ccc3c(c2)OCO3)NC(=O)c2cc(OC)c(OC)c(OC)c2)cc1. The van der Waals surface area contributed by atoms with Crippen LogP contribution in [0, 0.1) is 0 Å². The van der Waals surface area contributed by atoms with Crippen LogP contribution in [0.5, 0.6) is 34.5 Å². The van der Waals surface area contributed by atoms with E-state index in [1.807, 2.05) is 42.5 Å². The van der Waals surface area contributed by atoms with Gasteiger partial charge in [0.1, 0.15) is 5.75 Å². The zero-order chi connectivity index (χ0) is 24.8. The van der Waals surface area contributed by atoms with Crippen molar-refractivity contribution in [2.75, 3.05) is 35.2 Å². The number of carbonyl (C=O) groups is 1. The van der Waals surface area contributed by atoms with E-state index in [0.29, 0.717) is 41.4 Å². The Labute approximate surface area is 204 Å². The van der Waals surface area contributed by atoms with Gasteiger partial charge in [0, 0.05) is 11.6 Å². The van der Waals surface area contributed by atoms with Crippen LogP contribution >= 0.6 is 0 Å². The lowest BCUT2D eigenvalue weighted by atomic mass is 9.98. The van der Waals surface area contributed by atoms with E-state index in [9.17, 15) is 4.79 Å². The first-order valence-electron chi connectivity index (χ1n) is 11.2. The minimum atomic E-state index is -0.247.